The van der Waals surface area contributed by atoms with Gasteiger partial charge < -0.3 is 14.7 Å². The van der Waals surface area contributed by atoms with E-state index in [1.165, 1.54) is 20.2 Å². The first-order chi connectivity index (χ1) is 11.3. The smallest absolute Gasteiger partial charge is 0.243 e. The number of ether oxygens (including phenoxy) is 1. The third-order valence-electron chi connectivity index (χ3n) is 4.06. The van der Waals surface area contributed by atoms with Crippen molar-refractivity contribution in [1.82, 2.24) is 4.31 Å². The maximum absolute atomic E-state index is 12.7. The van der Waals surface area contributed by atoms with Crippen LogP contribution in [0, 0.1) is 6.92 Å². The number of amides is 1. The second-order valence-corrected chi connectivity index (χ2v) is 8.01. The van der Waals surface area contributed by atoms with Crippen molar-refractivity contribution < 1.29 is 23.1 Å². The summed E-state index contributed by atoms with van der Waals surface area (Å²) >= 11 is 0. The van der Waals surface area contributed by atoms with E-state index in [-0.39, 0.29) is 24.0 Å². The van der Waals surface area contributed by atoms with E-state index in [1.807, 2.05) is 0 Å². The molecule has 1 heterocycles. The number of hydrogen-bond acceptors (Lipinski definition) is 5. The highest BCUT2D eigenvalue weighted by atomic mass is 32.2. The van der Waals surface area contributed by atoms with Gasteiger partial charge in [-0.3, -0.25) is 4.79 Å². The molecule has 1 aromatic rings. The maximum Gasteiger partial charge on any atom is 0.243 e. The fraction of sp³-hybridized carbons (Fsp3) is 0.562. The van der Waals surface area contributed by atoms with Gasteiger partial charge >= 0.3 is 0 Å². The molecule has 24 heavy (non-hydrogen) atoms. The van der Waals surface area contributed by atoms with Crippen molar-refractivity contribution in [1.29, 1.82) is 0 Å². The van der Waals surface area contributed by atoms with E-state index >= 15 is 0 Å². The number of likely N-dealkylation sites (N-methyl/N-ethyl adjacent to an activating group) is 1. The van der Waals surface area contributed by atoms with Crippen LogP contribution in [-0.2, 0) is 19.6 Å². The van der Waals surface area contributed by atoms with Crippen molar-refractivity contribution in [2.75, 3.05) is 38.8 Å². The Labute approximate surface area is 142 Å². The molecule has 1 aliphatic heterocycles. The van der Waals surface area contributed by atoms with Gasteiger partial charge in [-0.15, -0.1) is 0 Å². The Hall–Kier alpha value is -1.48. The highest BCUT2D eigenvalue weighted by Crippen LogP contribution is 2.27. The summed E-state index contributed by atoms with van der Waals surface area (Å²) in [6.45, 7) is 2.38. The van der Waals surface area contributed by atoms with Gasteiger partial charge in [0.1, 0.15) is 0 Å². The number of nitrogens with zero attached hydrogens (tertiary/aromatic N) is 2. The van der Waals surface area contributed by atoms with E-state index in [9.17, 15) is 18.3 Å². The Kier molecular flexibility index (Phi) is 5.97. The molecule has 0 saturated carbocycles. The molecule has 1 N–H and O–H groups in total. The third kappa shape index (κ3) is 3.94. The van der Waals surface area contributed by atoms with Crippen molar-refractivity contribution in [3.05, 3.63) is 23.8 Å². The molecule has 1 aromatic carbocycles. The molecule has 2 rings (SSSR count). The number of rotatable bonds is 7. The minimum absolute atomic E-state index is 0.0536. The lowest BCUT2D eigenvalue weighted by Crippen LogP contribution is -2.36. The molecule has 8 heteroatoms. The second kappa shape index (κ2) is 7.60. The lowest BCUT2D eigenvalue weighted by molar-refractivity contribution is -0.117. The quantitative estimate of drug-likeness (QED) is 0.779. The van der Waals surface area contributed by atoms with Crippen LogP contribution in [0.25, 0.3) is 0 Å². The standard InChI is InChI=1S/C16H24N2O5S/c1-12-9-13(18-8-4-5-16(18)20)6-7-15(12)24(21,22)17(2)10-14(19)11-23-3/h6-7,9,14,19H,4-5,8,10-11H2,1-3H3. The fourth-order valence-electron chi connectivity index (χ4n) is 2.82. The van der Waals surface area contributed by atoms with E-state index in [0.717, 1.165) is 16.4 Å². The highest BCUT2D eigenvalue weighted by Gasteiger charge is 2.27. The number of carbonyl (C=O) groups is 1. The average molecular weight is 356 g/mol. The number of benzene rings is 1. The molecule has 0 aromatic heterocycles. The Morgan fingerprint density at radius 3 is 2.67 bits per heavy atom. The number of methoxy groups -OCH3 is 1. The Balaban J connectivity index is 2.22. The van der Waals surface area contributed by atoms with Crippen LogP contribution in [0.1, 0.15) is 18.4 Å². The van der Waals surface area contributed by atoms with Gasteiger partial charge in [0.15, 0.2) is 0 Å². The van der Waals surface area contributed by atoms with Crippen molar-refractivity contribution in [2.24, 2.45) is 0 Å². The van der Waals surface area contributed by atoms with Crippen LogP contribution < -0.4 is 4.90 Å². The Morgan fingerprint density at radius 1 is 1.42 bits per heavy atom. The van der Waals surface area contributed by atoms with Crippen LogP contribution in [0.3, 0.4) is 0 Å². The third-order valence-corrected chi connectivity index (χ3v) is 6.04. The summed E-state index contributed by atoms with van der Waals surface area (Å²) in [5, 5.41) is 9.74. The first-order valence-corrected chi connectivity index (χ1v) is 9.25. The van der Waals surface area contributed by atoms with Gasteiger partial charge in [0.2, 0.25) is 15.9 Å². The van der Waals surface area contributed by atoms with E-state index in [4.69, 9.17) is 4.74 Å². The SMILES string of the molecule is COCC(O)CN(C)S(=O)(=O)c1ccc(N2CCCC2=O)cc1C. The predicted octanol–water partition coefficient (Wildman–Crippen LogP) is 0.750. The molecule has 1 saturated heterocycles. The van der Waals surface area contributed by atoms with E-state index < -0.39 is 16.1 Å². The summed E-state index contributed by atoms with van der Waals surface area (Å²) in [5.74, 6) is 0.0600. The van der Waals surface area contributed by atoms with Gasteiger partial charge in [0.05, 0.1) is 17.6 Å². The van der Waals surface area contributed by atoms with Crippen molar-refractivity contribution in [3.63, 3.8) is 0 Å². The fourth-order valence-corrected chi connectivity index (χ4v) is 4.23. The second-order valence-electron chi connectivity index (χ2n) is 5.99. The average Bonchev–Trinajstić information content (AvgIpc) is 2.93. The molecule has 1 atom stereocenters. The topological polar surface area (TPSA) is 87.2 Å². The molecule has 0 spiro atoms. The van der Waals surface area contributed by atoms with Gasteiger partial charge in [0.25, 0.3) is 0 Å². The van der Waals surface area contributed by atoms with Crippen molar-refractivity contribution >= 4 is 21.6 Å². The van der Waals surface area contributed by atoms with Gasteiger partial charge in [0, 0.05) is 39.4 Å². The zero-order valence-electron chi connectivity index (χ0n) is 14.2. The molecular formula is C16H24N2O5S. The molecule has 7 nitrogen and oxygen atoms in total. The number of anilines is 1. The summed E-state index contributed by atoms with van der Waals surface area (Å²) in [6, 6.07) is 4.89. The maximum atomic E-state index is 12.7. The number of aryl methyl sites for hydroxylation is 1. The molecule has 1 amide bonds. The zero-order valence-corrected chi connectivity index (χ0v) is 15.0. The summed E-state index contributed by atoms with van der Waals surface area (Å²) < 4.78 is 31.3. The molecular weight excluding hydrogens is 332 g/mol. The summed E-state index contributed by atoms with van der Waals surface area (Å²) in [5.41, 5.74) is 1.29. The summed E-state index contributed by atoms with van der Waals surface area (Å²) in [4.78, 5) is 13.7. The summed E-state index contributed by atoms with van der Waals surface area (Å²) in [6.07, 6.45) is 0.452. The monoisotopic (exact) mass is 356 g/mol. The molecule has 0 bridgehead atoms. The van der Waals surface area contributed by atoms with Crippen molar-refractivity contribution in [2.45, 2.75) is 30.8 Å². The van der Waals surface area contributed by atoms with Gasteiger partial charge in [-0.05, 0) is 37.1 Å². The van der Waals surface area contributed by atoms with Crippen LogP contribution in [0.4, 0.5) is 5.69 Å². The van der Waals surface area contributed by atoms with Crippen LogP contribution in [0.15, 0.2) is 23.1 Å². The minimum Gasteiger partial charge on any atom is -0.389 e. The normalized spacial score (nSPS) is 16.9. The van der Waals surface area contributed by atoms with Crippen LogP contribution >= 0.6 is 0 Å². The molecule has 1 fully saturated rings. The van der Waals surface area contributed by atoms with E-state index in [2.05, 4.69) is 0 Å². The molecule has 0 aliphatic carbocycles. The lowest BCUT2D eigenvalue weighted by Gasteiger charge is -2.22. The van der Waals surface area contributed by atoms with Crippen LogP contribution in [0.5, 0.6) is 0 Å². The van der Waals surface area contributed by atoms with E-state index in [1.54, 1.807) is 24.0 Å². The largest absolute Gasteiger partial charge is 0.389 e. The lowest BCUT2D eigenvalue weighted by atomic mass is 10.2. The first kappa shape index (κ1) is 18.9. The molecule has 1 unspecified atom stereocenters. The molecule has 0 radical (unpaired) electrons. The highest BCUT2D eigenvalue weighted by molar-refractivity contribution is 7.89. The Bertz CT molecular complexity index is 704. The number of carbonyl (C=O) groups excluding carboxylic acids is 1. The number of aliphatic hydroxyl groups excluding tert-OH is 1. The molecule has 134 valence electrons. The Morgan fingerprint density at radius 2 is 2.12 bits per heavy atom. The molecule has 1 aliphatic rings. The van der Waals surface area contributed by atoms with Crippen LogP contribution in [0.2, 0.25) is 0 Å². The van der Waals surface area contributed by atoms with Crippen LogP contribution in [-0.4, -0.2) is 63.7 Å². The van der Waals surface area contributed by atoms with Crippen molar-refractivity contribution in [3.8, 4) is 0 Å². The van der Waals surface area contributed by atoms with Gasteiger partial charge in [-0.2, -0.15) is 4.31 Å². The first-order valence-electron chi connectivity index (χ1n) is 7.81. The minimum atomic E-state index is -3.72. The van der Waals surface area contributed by atoms with E-state index in [0.29, 0.717) is 18.5 Å². The van der Waals surface area contributed by atoms with Gasteiger partial charge in [-0.1, -0.05) is 0 Å². The van der Waals surface area contributed by atoms with Gasteiger partial charge in [-0.25, -0.2) is 8.42 Å². The number of aliphatic hydroxyl groups is 1. The number of hydrogen-bond donors (Lipinski definition) is 1. The predicted molar refractivity (Wildman–Crippen MR) is 90.5 cm³/mol. The zero-order chi connectivity index (χ0) is 17.9. The summed E-state index contributed by atoms with van der Waals surface area (Å²) in [7, 11) is -0.856. The number of sulfonamides is 1.